The van der Waals surface area contributed by atoms with Crippen LogP contribution in [0.25, 0.3) is 11.4 Å². The highest BCUT2D eigenvalue weighted by Crippen LogP contribution is 2.24. The first-order chi connectivity index (χ1) is 12.0. The maximum Gasteiger partial charge on any atom is 0.246 e. The van der Waals surface area contributed by atoms with Crippen LogP contribution in [0.2, 0.25) is 10.0 Å². The van der Waals surface area contributed by atoms with Gasteiger partial charge in [0.1, 0.15) is 0 Å². The van der Waals surface area contributed by atoms with Crippen molar-refractivity contribution in [2.75, 3.05) is 5.32 Å². The van der Waals surface area contributed by atoms with Gasteiger partial charge in [0.25, 0.3) is 0 Å². The summed E-state index contributed by atoms with van der Waals surface area (Å²) in [6.07, 6.45) is 0. The lowest BCUT2D eigenvalue weighted by Gasteiger charge is -2.09. The van der Waals surface area contributed by atoms with Gasteiger partial charge in [0, 0.05) is 16.3 Å². The predicted octanol–water partition coefficient (Wildman–Crippen LogP) is 4.84. The van der Waals surface area contributed by atoms with Gasteiger partial charge in [0.2, 0.25) is 11.7 Å². The van der Waals surface area contributed by atoms with E-state index in [0.717, 1.165) is 11.3 Å². The van der Waals surface area contributed by atoms with Crippen LogP contribution in [0.15, 0.2) is 47.0 Å². The van der Waals surface area contributed by atoms with E-state index < -0.39 is 0 Å². The van der Waals surface area contributed by atoms with Gasteiger partial charge in [0.15, 0.2) is 5.11 Å². The van der Waals surface area contributed by atoms with Gasteiger partial charge in [-0.15, -0.1) is 0 Å². The van der Waals surface area contributed by atoms with Crippen LogP contribution in [-0.2, 0) is 6.54 Å². The Balaban J connectivity index is 1.59. The van der Waals surface area contributed by atoms with Gasteiger partial charge >= 0.3 is 0 Å². The van der Waals surface area contributed by atoms with E-state index in [1.54, 1.807) is 6.07 Å². The molecule has 0 aliphatic carbocycles. The van der Waals surface area contributed by atoms with Gasteiger partial charge in [0.05, 0.1) is 11.6 Å². The molecule has 0 aliphatic rings. The summed E-state index contributed by atoms with van der Waals surface area (Å²) in [5, 5.41) is 11.7. The summed E-state index contributed by atoms with van der Waals surface area (Å²) in [4.78, 5) is 4.31. The molecule has 0 aliphatic heterocycles. The molecule has 2 N–H and O–H groups in total. The largest absolute Gasteiger partial charge is 0.353 e. The van der Waals surface area contributed by atoms with E-state index in [1.807, 2.05) is 43.3 Å². The molecule has 0 unspecified atom stereocenters. The summed E-state index contributed by atoms with van der Waals surface area (Å²) >= 11 is 17.5. The van der Waals surface area contributed by atoms with Crippen molar-refractivity contribution in [3.05, 3.63) is 64.0 Å². The molecule has 1 aromatic heterocycles. The molecule has 0 bridgehead atoms. The number of hydrogen-bond donors (Lipinski definition) is 2. The van der Waals surface area contributed by atoms with Gasteiger partial charge in [-0.1, -0.05) is 46.6 Å². The average Bonchev–Trinajstić information content (AvgIpc) is 3.05. The van der Waals surface area contributed by atoms with E-state index in [-0.39, 0.29) is 0 Å². The number of anilines is 1. The summed E-state index contributed by atoms with van der Waals surface area (Å²) < 4.78 is 5.22. The number of hydrogen-bond acceptors (Lipinski definition) is 4. The van der Waals surface area contributed by atoms with Crippen LogP contribution in [0.4, 0.5) is 5.69 Å². The molecule has 2 aromatic carbocycles. The number of halogens is 2. The summed E-state index contributed by atoms with van der Waals surface area (Å²) in [6.45, 7) is 2.23. The van der Waals surface area contributed by atoms with E-state index in [2.05, 4.69) is 20.8 Å². The Morgan fingerprint density at radius 3 is 2.72 bits per heavy atom. The Morgan fingerprint density at radius 2 is 1.96 bits per heavy atom. The molecule has 25 heavy (non-hydrogen) atoms. The van der Waals surface area contributed by atoms with E-state index in [9.17, 15) is 0 Å². The maximum absolute atomic E-state index is 6.13. The number of rotatable bonds is 4. The lowest BCUT2D eigenvalue weighted by Crippen LogP contribution is -2.28. The number of aromatic nitrogens is 2. The number of benzene rings is 2. The molecular formula is C17H14Cl2N4OS. The van der Waals surface area contributed by atoms with Gasteiger partial charge in [-0.25, -0.2) is 0 Å². The zero-order chi connectivity index (χ0) is 17.8. The molecule has 0 spiro atoms. The highest BCUT2D eigenvalue weighted by Gasteiger charge is 2.11. The van der Waals surface area contributed by atoms with Crippen molar-refractivity contribution >= 4 is 46.2 Å². The second-order valence-electron chi connectivity index (χ2n) is 5.26. The van der Waals surface area contributed by atoms with E-state index in [0.29, 0.717) is 39.0 Å². The third kappa shape index (κ3) is 4.48. The molecular weight excluding hydrogens is 379 g/mol. The molecule has 0 amide bonds. The Hall–Kier alpha value is -2.15. The molecule has 128 valence electrons. The van der Waals surface area contributed by atoms with Crippen molar-refractivity contribution in [3.63, 3.8) is 0 Å². The topological polar surface area (TPSA) is 63.0 Å². The van der Waals surface area contributed by atoms with Gasteiger partial charge in [-0.2, -0.15) is 4.98 Å². The SMILES string of the molecule is Cc1ccc(NC(=S)NCc2nc(-c3ccccc3Cl)no2)cc1Cl. The molecule has 0 atom stereocenters. The van der Waals surface area contributed by atoms with Crippen LogP contribution in [0.1, 0.15) is 11.5 Å². The fourth-order valence-corrected chi connectivity index (χ4v) is 2.67. The second-order valence-corrected chi connectivity index (χ2v) is 6.49. The van der Waals surface area contributed by atoms with Crippen LogP contribution in [0, 0.1) is 6.92 Å². The monoisotopic (exact) mass is 392 g/mol. The average molecular weight is 393 g/mol. The third-order valence-corrected chi connectivity index (χ3v) is 4.40. The minimum atomic E-state index is 0.295. The van der Waals surface area contributed by atoms with Crippen LogP contribution in [0.3, 0.4) is 0 Å². The minimum absolute atomic E-state index is 0.295. The lowest BCUT2D eigenvalue weighted by atomic mass is 10.2. The number of aryl methyl sites for hydroxylation is 1. The Kier molecular flexibility index (Phi) is 5.53. The summed E-state index contributed by atoms with van der Waals surface area (Å²) in [5.74, 6) is 0.840. The van der Waals surface area contributed by atoms with Crippen LogP contribution < -0.4 is 10.6 Å². The number of nitrogens with one attached hydrogen (secondary N) is 2. The predicted molar refractivity (Wildman–Crippen MR) is 104 cm³/mol. The smallest absolute Gasteiger partial charge is 0.246 e. The van der Waals surface area contributed by atoms with Crippen LogP contribution in [0.5, 0.6) is 0 Å². The summed E-state index contributed by atoms with van der Waals surface area (Å²) in [6, 6.07) is 12.9. The number of nitrogens with zero attached hydrogens (tertiary/aromatic N) is 2. The normalized spacial score (nSPS) is 10.5. The maximum atomic E-state index is 6.13. The molecule has 5 nitrogen and oxygen atoms in total. The van der Waals surface area contributed by atoms with Crippen molar-refractivity contribution in [2.45, 2.75) is 13.5 Å². The zero-order valence-electron chi connectivity index (χ0n) is 13.2. The third-order valence-electron chi connectivity index (χ3n) is 3.41. The van der Waals surface area contributed by atoms with Crippen molar-refractivity contribution < 1.29 is 4.52 Å². The number of thiocarbonyl (C=S) groups is 1. The standard InChI is InChI=1S/C17H14Cl2N4OS/c1-10-6-7-11(8-14(10)19)21-17(25)20-9-15-22-16(23-24-15)12-4-2-3-5-13(12)18/h2-8H,9H2,1H3,(H2,20,21,25). The second kappa shape index (κ2) is 7.82. The minimum Gasteiger partial charge on any atom is -0.353 e. The molecule has 8 heteroatoms. The van der Waals surface area contributed by atoms with Crippen LogP contribution >= 0.6 is 35.4 Å². The molecule has 0 radical (unpaired) electrons. The van der Waals surface area contributed by atoms with E-state index in [1.165, 1.54) is 0 Å². The Bertz CT molecular complexity index is 913. The Morgan fingerprint density at radius 1 is 1.16 bits per heavy atom. The first-order valence-electron chi connectivity index (χ1n) is 7.41. The van der Waals surface area contributed by atoms with Crippen LogP contribution in [-0.4, -0.2) is 15.3 Å². The molecule has 1 heterocycles. The fraction of sp³-hybridized carbons (Fsp3) is 0.118. The lowest BCUT2D eigenvalue weighted by molar-refractivity contribution is 0.376. The van der Waals surface area contributed by atoms with E-state index >= 15 is 0 Å². The molecule has 3 aromatic rings. The molecule has 0 saturated carbocycles. The highest BCUT2D eigenvalue weighted by atomic mass is 35.5. The van der Waals surface area contributed by atoms with Crippen molar-refractivity contribution in [2.24, 2.45) is 0 Å². The van der Waals surface area contributed by atoms with Crippen molar-refractivity contribution in [1.29, 1.82) is 0 Å². The molecule has 0 saturated heterocycles. The van der Waals surface area contributed by atoms with Gasteiger partial charge in [-0.05, 0) is 49.0 Å². The van der Waals surface area contributed by atoms with Crippen molar-refractivity contribution in [3.8, 4) is 11.4 Å². The molecule has 3 rings (SSSR count). The fourth-order valence-electron chi connectivity index (χ4n) is 2.08. The van der Waals surface area contributed by atoms with Crippen molar-refractivity contribution in [1.82, 2.24) is 15.5 Å². The highest BCUT2D eigenvalue weighted by molar-refractivity contribution is 7.80. The first kappa shape index (κ1) is 17.7. The molecule has 0 fully saturated rings. The quantitative estimate of drug-likeness (QED) is 0.619. The summed E-state index contributed by atoms with van der Waals surface area (Å²) in [5.41, 5.74) is 2.52. The summed E-state index contributed by atoms with van der Waals surface area (Å²) in [7, 11) is 0. The zero-order valence-corrected chi connectivity index (χ0v) is 15.5. The first-order valence-corrected chi connectivity index (χ1v) is 8.58. The van der Waals surface area contributed by atoms with E-state index in [4.69, 9.17) is 39.9 Å². The Labute approximate surface area is 160 Å². The van der Waals surface area contributed by atoms with Gasteiger partial charge in [-0.3, -0.25) is 0 Å². The van der Waals surface area contributed by atoms with Gasteiger partial charge < -0.3 is 15.2 Å².